The first-order valence-corrected chi connectivity index (χ1v) is 10.4. The molecular formula is C19H30N2O3S. The summed E-state index contributed by atoms with van der Waals surface area (Å²) in [5.41, 5.74) is -0.0278. The Kier molecular flexibility index (Phi) is 5.94. The molecule has 0 bridgehead atoms. The number of hydrogen-bond donors (Lipinski definition) is 1. The van der Waals surface area contributed by atoms with Gasteiger partial charge in [0.05, 0.1) is 4.90 Å². The van der Waals surface area contributed by atoms with E-state index >= 15 is 0 Å². The van der Waals surface area contributed by atoms with E-state index in [0.29, 0.717) is 11.5 Å². The van der Waals surface area contributed by atoms with Gasteiger partial charge in [-0.25, -0.2) is 13.1 Å². The third kappa shape index (κ3) is 5.05. The second kappa shape index (κ2) is 7.46. The Morgan fingerprint density at radius 3 is 2.20 bits per heavy atom. The second-order valence-electron chi connectivity index (χ2n) is 8.13. The number of carbonyl (C=O) groups is 1. The van der Waals surface area contributed by atoms with E-state index in [1.165, 1.54) is 18.6 Å². The maximum Gasteiger partial charge on any atom is 0.253 e. The molecule has 25 heavy (non-hydrogen) atoms. The number of nitrogens with zero attached hydrogens (tertiary/aromatic N) is 1. The quantitative estimate of drug-likeness (QED) is 0.888. The van der Waals surface area contributed by atoms with Crippen molar-refractivity contribution in [3.8, 4) is 0 Å². The lowest BCUT2D eigenvalue weighted by Crippen LogP contribution is -2.42. The molecule has 2 atom stereocenters. The van der Waals surface area contributed by atoms with Gasteiger partial charge in [-0.05, 0) is 63.8 Å². The molecule has 1 fully saturated rings. The summed E-state index contributed by atoms with van der Waals surface area (Å²) in [6.07, 6.45) is 4.57. The Hall–Kier alpha value is -1.40. The van der Waals surface area contributed by atoms with E-state index in [1.54, 1.807) is 32.9 Å². The van der Waals surface area contributed by atoms with Crippen LogP contribution in [0.5, 0.6) is 0 Å². The first kappa shape index (κ1) is 19.9. The van der Waals surface area contributed by atoms with E-state index in [0.717, 1.165) is 19.3 Å². The largest absolute Gasteiger partial charge is 0.338 e. The highest BCUT2D eigenvalue weighted by atomic mass is 32.2. The number of amides is 1. The van der Waals surface area contributed by atoms with Crippen LogP contribution in [0.1, 0.15) is 63.7 Å². The van der Waals surface area contributed by atoms with Crippen LogP contribution < -0.4 is 4.72 Å². The number of sulfonamides is 1. The molecule has 0 spiro atoms. The smallest absolute Gasteiger partial charge is 0.253 e. The molecule has 1 saturated carbocycles. The summed E-state index contributed by atoms with van der Waals surface area (Å²) in [6, 6.07) is 6.46. The summed E-state index contributed by atoms with van der Waals surface area (Å²) in [5.74, 6) is 0.449. The van der Waals surface area contributed by atoms with Crippen LogP contribution in [0, 0.1) is 5.92 Å². The Labute approximate surface area is 151 Å². The van der Waals surface area contributed by atoms with Gasteiger partial charge in [0.2, 0.25) is 10.0 Å². The molecule has 1 amide bonds. The second-order valence-corrected chi connectivity index (χ2v) is 9.81. The van der Waals surface area contributed by atoms with Crippen LogP contribution in [0.25, 0.3) is 0 Å². The van der Waals surface area contributed by atoms with Gasteiger partial charge in [0.25, 0.3) is 5.91 Å². The highest BCUT2D eigenvalue weighted by Crippen LogP contribution is 2.28. The van der Waals surface area contributed by atoms with Gasteiger partial charge in [-0.15, -0.1) is 0 Å². The molecule has 0 aromatic heterocycles. The Morgan fingerprint density at radius 2 is 1.68 bits per heavy atom. The van der Waals surface area contributed by atoms with Crippen molar-refractivity contribution in [2.45, 2.75) is 69.9 Å². The normalized spacial score (nSPS) is 21.8. The van der Waals surface area contributed by atoms with E-state index in [4.69, 9.17) is 0 Å². The van der Waals surface area contributed by atoms with Gasteiger partial charge in [-0.2, -0.15) is 0 Å². The van der Waals surface area contributed by atoms with Crippen LogP contribution in [0.3, 0.4) is 0 Å². The summed E-state index contributed by atoms with van der Waals surface area (Å²) in [5, 5.41) is 0. The number of hydrogen-bond acceptors (Lipinski definition) is 3. The predicted octanol–water partition coefficient (Wildman–Crippen LogP) is 3.41. The fourth-order valence-corrected chi connectivity index (χ4v) is 4.88. The summed E-state index contributed by atoms with van der Waals surface area (Å²) in [6.45, 7) is 7.58. The molecule has 1 N–H and O–H groups in total. The average molecular weight is 367 g/mol. The molecule has 2 rings (SSSR count). The van der Waals surface area contributed by atoms with Crippen molar-refractivity contribution >= 4 is 15.9 Å². The van der Waals surface area contributed by atoms with E-state index in [2.05, 4.69) is 11.6 Å². The molecule has 5 nitrogen and oxygen atoms in total. The first-order valence-electron chi connectivity index (χ1n) is 8.92. The summed E-state index contributed by atoms with van der Waals surface area (Å²) >= 11 is 0. The zero-order valence-corrected chi connectivity index (χ0v) is 16.7. The van der Waals surface area contributed by atoms with Gasteiger partial charge in [0.1, 0.15) is 0 Å². The minimum absolute atomic E-state index is 0.0496. The van der Waals surface area contributed by atoms with Crippen LogP contribution in [0.2, 0.25) is 0 Å². The Balaban J connectivity index is 2.15. The Bertz CT molecular complexity index is 705. The lowest BCUT2D eigenvalue weighted by molar-refractivity contribution is 0.0629. The fraction of sp³-hybridized carbons (Fsp3) is 0.632. The molecule has 0 saturated heterocycles. The van der Waals surface area contributed by atoms with E-state index in [9.17, 15) is 13.2 Å². The predicted molar refractivity (Wildman–Crippen MR) is 100 cm³/mol. The van der Waals surface area contributed by atoms with Crippen molar-refractivity contribution < 1.29 is 13.2 Å². The summed E-state index contributed by atoms with van der Waals surface area (Å²) in [7, 11) is -1.74. The van der Waals surface area contributed by atoms with Gasteiger partial charge in [0.15, 0.2) is 0 Å². The molecule has 1 aromatic rings. The molecule has 2 unspecified atom stereocenters. The highest BCUT2D eigenvalue weighted by Gasteiger charge is 2.28. The van der Waals surface area contributed by atoms with Crippen LogP contribution in [-0.2, 0) is 10.0 Å². The molecule has 0 heterocycles. The maximum atomic E-state index is 12.7. The van der Waals surface area contributed by atoms with Crippen molar-refractivity contribution in [3.63, 3.8) is 0 Å². The maximum absolute atomic E-state index is 12.7. The van der Waals surface area contributed by atoms with Gasteiger partial charge >= 0.3 is 0 Å². The van der Waals surface area contributed by atoms with Crippen LogP contribution in [0.15, 0.2) is 29.2 Å². The Morgan fingerprint density at radius 1 is 1.12 bits per heavy atom. The number of nitrogens with one attached hydrogen (secondary N) is 1. The summed E-state index contributed by atoms with van der Waals surface area (Å²) < 4.78 is 27.3. The van der Waals surface area contributed by atoms with Crippen molar-refractivity contribution in [2.24, 2.45) is 5.92 Å². The molecule has 0 radical (unpaired) electrons. The SMILES string of the molecule is CC1CCCCC1N(C)C(=O)c1ccc(S(=O)(=O)NC(C)(C)C)cc1. The van der Waals surface area contributed by atoms with Crippen molar-refractivity contribution in [1.29, 1.82) is 0 Å². The third-order valence-corrected chi connectivity index (χ3v) is 6.51. The number of benzene rings is 1. The van der Waals surface area contributed by atoms with Gasteiger partial charge in [-0.1, -0.05) is 19.8 Å². The standard InChI is InChI=1S/C19H30N2O3S/c1-14-8-6-7-9-17(14)21(5)18(22)15-10-12-16(13-11-15)25(23,24)20-19(2,3)4/h10-14,17,20H,6-9H2,1-5H3. The van der Waals surface area contributed by atoms with Crippen molar-refractivity contribution in [2.75, 3.05) is 7.05 Å². The zero-order chi connectivity index (χ0) is 18.8. The van der Waals surface area contributed by atoms with Gasteiger partial charge < -0.3 is 4.90 Å². The zero-order valence-electron chi connectivity index (χ0n) is 15.9. The first-order chi connectivity index (χ1) is 11.5. The summed E-state index contributed by atoms with van der Waals surface area (Å²) in [4.78, 5) is 14.7. The molecule has 1 aliphatic carbocycles. The van der Waals surface area contributed by atoms with Crippen molar-refractivity contribution in [1.82, 2.24) is 9.62 Å². The average Bonchev–Trinajstić information content (AvgIpc) is 2.52. The van der Waals surface area contributed by atoms with Crippen LogP contribution >= 0.6 is 0 Å². The van der Waals surface area contributed by atoms with E-state index in [-0.39, 0.29) is 16.8 Å². The number of rotatable bonds is 4. The monoisotopic (exact) mass is 366 g/mol. The minimum Gasteiger partial charge on any atom is -0.338 e. The van der Waals surface area contributed by atoms with E-state index in [1.807, 2.05) is 11.9 Å². The molecule has 1 aliphatic rings. The molecule has 1 aromatic carbocycles. The molecule has 6 heteroatoms. The highest BCUT2D eigenvalue weighted by molar-refractivity contribution is 7.89. The van der Waals surface area contributed by atoms with Crippen LogP contribution in [-0.4, -0.2) is 37.9 Å². The third-order valence-electron chi connectivity index (χ3n) is 4.74. The molecule has 0 aliphatic heterocycles. The minimum atomic E-state index is -3.58. The number of carbonyl (C=O) groups excluding carboxylic acids is 1. The van der Waals surface area contributed by atoms with Gasteiger partial charge in [0, 0.05) is 24.2 Å². The van der Waals surface area contributed by atoms with Crippen LogP contribution in [0.4, 0.5) is 0 Å². The van der Waals surface area contributed by atoms with Gasteiger partial charge in [-0.3, -0.25) is 4.79 Å². The topological polar surface area (TPSA) is 66.5 Å². The van der Waals surface area contributed by atoms with E-state index < -0.39 is 15.6 Å². The lowest BCUT2D eigenvalue weighted by atomic mass is 9.85. The molecular weight excluding hydrogens is 336 g/mol. The lowest BCUT2D eigenvalue weighted by Gasteiger charge is -2.36. The molecule has 140 valence electrons. The van der Waals surface area contributed by atoms with Crippen molar-refractivity contribution in [3.05, 3.63) is 29.8 Å². The fourth-order valence-electron chi connectivity index (χ4n) is 3.46.